The van der Waals surface area contributed by atoms with Gasteiger partial charge in [-0.05, 0) is 18.2 Å². The van der Waals surface area contributed by atoms with Crippen molar-refractivity contribution in [1.82, 2.24) is 9.97 Å². The number of aromatic nitrogens is 2. The average molecular weight is 200 g/mol. The summed E-state index contributed by atoms with van der Waals surface area (Å²) in [5.41, 5.74) is 13.2. The average Bonchev–Trinajstić information content (AvgIpc) is 2.24. The lowest BCUT2D eigenvalue weighted by Gasteiger charge is -2.04. The topological polar surface area (TPSA) is 77.8 Å². The molecule has 0 spiro atoms. The molecule has 0 aliphatic heterocycles. The van der Waals surface area contributed by atoms with Crippen LogP contribution in [0.15, 0.2) is 36.5 Å². The van der Waals surface area contributed by atoms with E-state index >= 15 is 0 Å². The molecule has 0 aromatic carbocycles. The zero-order valence-corrected chi connectivity index (χ0v) is 8.22. The van der Waals surface area contributed by atoms with Gasteiger partial charge in [-0.3, -0.25) is 4.98 Å². The van der Waals surface area contributed by atoms with Crippen LogP contribution >= 0.6 is 0 Å². The van der Waals surface area contributed by atoms with Crippen molar-refractivity contribution in [3.63, 3.8) is 0 Å². The Hall–Kier alpha value is -2.10. The summed E-state index contributed by atoms with van der Waals surface area (Å²) in [6.45, 7) is 0. The van der Waals surface area contributed by atoms with E-state index in [0.29, 0.717) is 18.1 Å². The quantitative estimate of drug-likeness (QED) is 0.764. The van der Waals surface area contributed by atoms with Gasteiger partial charge < -0.3 is 11.5 Å². The third-order valence-corrected chi connectivity index (χ3v) is 2.13. The lowest BCUT2D eigenvalue weighted by molar-refractivity contribution is 1.06. The number of rotatable bonds is 2. The number of nitrogens with two attached hydrogens (primary N) is 2. The van der Waals surface area contributed by atoms with Crippen molar-refractivity contribution in [3.05, 3.63) is 47.8 Å². The minimum Gasteiger partial charge on any atom is -0.384 e. The minimum atomic E-state index is 0.442. The van der Waals surface area contributed by atoms with Gasteiger partial charge in [0.1, 0.15) is 11.6 Å². The normalized spacial score (nSPS) is 10.1. The number of anilines is 2. The molecular formula is C11H12N4. The molecule has 4 nitrogen and oxygen atoms in total. The van der Waals surface area contributed by atoms with Crippen LogP contribution in [0.25, 0.3) is 0 Å². The number of nitrogen functional groups attached to an aromatic ring is 2. The predicted molar refractivity (Wildman–Crippen MR) is 60.1 cm³/mol. The number of hydrogen-bond donors (Lipinski definition) is 2. The van der Waals surface area contributed by atoms with Crippen molar-refractivity contribution >= 4 is 11.6 Å². The molecule has 2 rings (SSSR count). The second-order valence-electron chi connectivity index (χ2n) is 3.28. The van der Waals surface area contributed by atoms with Crippen LogP contribution in [0, 0.1) is 0 Å². The van der Waals surface area contributed by atoms with Crippen LogP contribution in [0.4, 0.5) is 11.6 Å². The summed E-state index contributed by atoms with van der Waals surface area (Å²) in [7, 11) is 0. The lowest BCUT2D eigenvalue weighted by Crippen LogP contribution is -2.02. The van der Waals surface area contributed by atoms with Crippen molar-refractivity contribution in [2.45, 2.75) is 6.42 Å². The Labute approximate surface area is 88.0 Å². The van der Waals surface area contributed by atoms with Gasteiger partial charge in [-0.25, -0.2) is 4.98 Å². The summed E-state index contributed by atoms with van der Waals surface area (Å²) in [5.74, 6) is 0.915. The summed E-state index contributed by atoms with van der Waals surface area (Å²) < 4.78 is 0. The monoisotopic (exact) mass is 200 g/mol. The van der Waals surface area contributed by atoms with Crippen molar-refractivity contribution < 1.29 is 0 Å². The fourth-order valence-corrected chi connectivity index (χ4v) is 1.37. The highest BCUT2D eigenvalue weighted by Gasteiger charge is 2.02. The number of hydrogen-bond acceptors (Lipinski definition) is 4. The Kier molecular flexibility index (Phi) is 2.49. The molecule has 0 atom stereocenters. The summed E-state index contributed by atoms with van der Waals surface area (Å²) in [5, 5.41) is 0. The SMILES string of the molecule is Nc1ccc(Cc2ccccn2)c(N)n1. The van der Waals surface area contributed by atoms with Crippen molar-refractivity contribution in [3.8, 4) is 0 Å². The van der Waals surface area contributed by atoms with Crippen LogP contribution in [-0.2, 0) is 6.42 Å². The molecule has 0 radical (unpaired) electrons. The Bertz CT molecular complexity index is 453. The third-order valence-electron chi connectivity index (χ3n) is 2.13. The molecule has 0 saturated heterocycles. The molecule has 0 saturated carbocycles. The Balaban J connectivity index is 2.25. The zero-order valence-electron chi connectivity index (χ0n) is 8.22. The smallest absolute Gasteiger partial charge is 0.129 e. The molecule has 76 valence electrons. The molecule has 0 bridgehead atoms. The first-order valence-electron chi connectivity index (χ1n) is 4.66. The molecule has 0 amide bonds. The van der Waals surface area contributed by atoms with E-state index in [2.05, 4.69) is 9.97 Å². The molecule has 2 heterocycles. The highest BCUT2D eigenvalue weighted by atomic mass is 14.9. The van der Waals surface area contributed by atoms with Gasteiger partial charge in [-0.15, -0.1) is 0 Å². The van der Waals surface area contributed by atoms with Crippen molar-refractivity contribution in [2.75, 3.05) is 11.5 Å². The molecule has 0 fully saturated rings. The van der Waals surface area contributed by atoms with E-state index in [0.717, 1.165) is 11.3 Å². The van der Waals surface area contributed by atoms with Crippen LogP contribution in [0.5, 0.6) is 0 Å². The lowest BCUT2D eigenvalue weighted by atomic mass is 10.1. The van der Waals surface area contributed by atoms with Gasteiger partial charge in [-0.1, -0.05) is 12.1 Å². The first-order chi connectivity index (χ1) is 7.25. The second kappa shape index (κ2) is 3.96. The molecule has 2 aromatic rings. The van der Waals surface area contributed by atoms with Crippen LogP contribution < -0.4 is 11.5 Å². The third kappa shape index (κ3) is 2.22. The Morgan fingerprint density at radius 2 is 1.93 bits per heavy atom. The van der Waals surface area contributed by atoms with Crippen molar-refractivity contribution in [1.29, 1.82) is 0 Å². The van der Waals surface area contributed by atoms with Crippen LogP contribution in [0.3, 0.4) is 0 Å². The van der Waals surface area contributed by atoms with Crippen LogP contribution in [-0.4, -0.2) is 9.97 Å². The Morgan fingerprint density at radius 1 is 1.07 bits per heavy atom. The number of nitrogens with zero attached hydrogens (tertiary/aromatic N) is 2. The standard InChI is InChI=1S/C11H12N4/c12-10-5-4-8(11(13)15-10)7-9-3-1-2-6-14-9/h1-6H,7H2,(H4,12,13,15). The summed E-state index contributed by atoms with van der Waals surface area (Å²) in [6.07, 6.45) is 2.44. The number of pyridine rings is 2. The van der Waals surface area contributed by atoms with Gasteiger partial charge in [0.2, 0.25) is 0 Å². The molecule has 2 aromatic heterocycles. The zero-order chi connectivity index (χ0) is 10.7. The van der Waals surface area contributed by atoms with E-state index in [1.165, 1.54) is 0 Å². The molecule has 0 aliphatic carbocycles. The van der Waals surface area contributed by atoms with Crippen LogP contribution in [0.2, 0.25) is 0 Å². The van der Waals surface area contributed by atoms with E-state index in [1.807, 2.05) is 24.3 Å². The van der Waals surface area contributed by atoms with E-state index in [4.69, 9.17) is 11.5 Å². The maximum Gasteiger partial charge on any atom is 0.129 e. The summed E-state index contributed by atoms with van der Waals surface area (Å²) in [4.78, 5) is 8.22. The van der Waals surface area contributed by atoms with E-state index < -0.39 is 0 Å². The fraction of sp³-hybridized carbons (Fsp3) is 0.0909. The van der Waals surface area contributed by atoms with E-state index in [-0.39, 0.29) is 0 Å². The molecule has 0 aliphatic rings. The second-order valence-corrected chi connectivity index (χ2v) is 3.28. The maximum absolute atomic E-state index is 5.75. The summed E-state index contributed by atoms with van der Waals surface area (Å²) in [6, 6.07) is 9.41. The predicted octanol–water partition coefficient (Wildman–Crippen LogP) is 1.23. The molecular weight excluding hydrogens is 188 g/mol. The highest BCUT2D eigenvalue weighted by molar-refractivity contribution is 5.47. The molecule has 0 unspecified atom stereocenters. The largest absolute Gasteiger partial charge is 0.384 e. The van der Waals surface area contributed by atoms with E-state index in [9.17, 15) is 0 Å². The van der Waals surface area contributed by atoms with Crippen LogP contribution in [0.1, 0.15) is 11.3 Å². The summed E-state index contributed by atoms with van der Waals surface area (Å²) >= 11 is 0. The first kappa shape index (κ1) is 9.45. The Morgan fingerprint density at radius 3 is 2.60 bits per heavy atom. The highest BCUT2D eigenvalue weighted by Crippen LogP contribution is 2.14. The maximum atomic E-state index is 5.75. The van der Waals surface area contributed by atoms with Gasteiger partial charge in [0.15, 0.2) is 0 Å². The fourth-order valence-electron chi connectivity index (χ4n) is 1.37. The van der Waals surface area contributed by atoms with Gasteiger partial charge in [0.25, 0.3) is 0 Å². The van der Waals surface area contributed by atoms with Gasteiger partial charge >= 0.3 is 0 Å². The van der Waals surface area contributed by atoms with Crippen molar-refractivity contribution in [2.24, 2.45) is 0 Å². The van der Waals surface area contributed by atoms with E-state index in [1.54, 1.807) is 12.3 Å². The minimum absolute atomic E-state index is 0.442. The van der Waals surface area contributed by atoms with Gasteiger partial charge in [0, 0.05) is 23.9 Å². The first-order valence-corrected chi connectivity index (χ1v) is 4.66. The molecule has 4 N–H and O–H groups in total. The molecule has 15 heavy (non-hydrogen) atoms. The van der Waals surface area contributed by atoms with Gasteiger partial charge in [0.05, 0.1) is 0 Å². The molecule has 4 heteroatoms. The van der Waals surface area contributed by atoms with Gasteiger partial charge in [-0.2, -0.15) is 0 Å².